The van der Waals surface area contributed by atoms with Gasteiger partial charge >= 0.3 is 0 Å². The smallest absolute Gasteiger partial charge is 0.122 e. The average molecular weight is 242 g/mol. The monoisotopic (exact) mass is 242 g/mol. The van der Waals surface area contributed by atoms with Gasteiger partial charge in [-0.3, -0.25) is 5.32 Å². The molecule has 0 aliphatic carbocycles. The van der Waals surface area contributed by atoms with Crippen molar-refractivity contribution >= 4 is 11.0 Å². The molecule has 0 saturated heterocycles. The molecule has 0 aliphatic heterocycles. The van der Waals surface area contributed by atoms with E-state index in [1.54, 1.807) is 6.33 Å². The summed E-state index contributed by atoms with van der Waals surface area (Å²) in [5.41, 5.74) is 1.43. The van der Waals surface area contributed by atoms with E-state index in [1.807, 2.05) is 49.6 Å². The van der Waals surface area contributed by atoms with Gasteiger partial charge in [-0.15, -0.1) is 0 Å². The summed E-state index contributed by atoms with van der Waals surface area (Å²) in [7, 11) is 0. The van der Waals surface area contributed by atoms with E-state index in [-0.39, 0.29) is 6.04 Å². The highest BCUT2D eigenvalue weighted by atomic mass is 15.1. The van der Waals surface area contributed by atoms with E-state index in [1.165, 1.54) is 0 Å². The first kappa shape index (κ1) is 12.6. The molecule has 1 atom stereocenters. The van der Waals surface area contributed by atoms with Crippen molar-refractivity contribution in [1.29, 1.82) is 5.26 Å². The zero-order valence-electron chi connectivity index (χ0n) is 11.0. The van der Waals surface area contributed by atoms with Crippen LogP contribution in [-0.2, 0) is 6.54 Å². The van der Waals surface area contributed by atoms with Crippen molar-refractivity contribution in [2.45, 2.75) is 38.9 Å². The second-order valence-corrected chi connectivity index (χ2v) is 5.10. The van der Waals surface area contributed by atoms with Crippen LogP contribution in [0.3, 0.4) is 0 Å². The summed E-state index contributed by atoms with van der Waals surface area (Å²) in [5.74, 6) is 0. The molecule has 1 aromatic heterocycles. The number of fused-ring (bicyclic) bond motifs is 1. The Bertz CT molecular complexity index is 579. The molecular weight excluding hydrogens is 224 g/mol. The Hall–Kier alpha value is -1.86. The van der Waals surface area contributed by atoms with E-state index in [2.05, 4.69) is 16.4 Å². The fourth-order valence-corrected chi connectivity index (χ4v) is 2.23. The van der Waals surface area contributed by atoms with Gasteiger partial charge in [-0.2, -0.15) is 5.26 Å². The fraction of sp³-hybridized carbons (Fsp3) is 0.429. The molecule has 0 fully saturated rings. The maximum Gasteiger partial charge on any atom is 0.122 e. The van der Waals surface area contributed by atoms with Gasteiger partial charge in [-0.25, -0.2) is 4.98 Å². The lowest BCUT2D eigenvalue weighted by Gasteiger charge is -2.26. The van der Waals surface area contributed by atoms with Crippen LogP contribution in [0.2, 0.25) is 0 Å². The molecule has 0 spiro atoms. The van der Waals surface area contributed by atoms with Crippen molar-refractivity contribution in [1.82, 2.24) is 14.9 Å². The molecule has 1 heterocycles. The molecule has 1 N–H and O–H groups in total. The number of rotatable bonds is 4. The molecule has 4 nitrogen and oxygen atoms in total. The minimum absolute atomic E-state index is 0.268. The Morgan fingerprint density at radius 1 is 1.44 bits per heavy atom. The van der Waals surface area contributed by atoms with Gasteiger partial charge in [0, 0.05) is 6.04 Å². The third kappa shape index (κ3) is 2.52. The van der Waals surface area contributed by atoms with Gasteiger partial charge in [0.15, 0.2) is 0 Å². The van der Waals surface area contributed by atoms with Gasteiger partial charge in [-0.05, 0) is 32.9 Å². The van der Waals surface area contributed by atoms with Crippen LogP contribution in [-0.4, -0.2) is 21.1 Å². The number of nitrogens with zero attached hydrogens (tertiary/aromatic N) is 3. The van der Waals surface area contributed by atoms with Crippen molar-refractivity contribution in [2.75, 3.05) is 0 Å². The van der Waals surface area contributed by atoms with Crippen molar-refractivity contribution in [3.05, 3.63) is 30.6 Å². The van der Waals surface area contributed by atoms with Crippen LogP contribution >= 0.6 is 0 Å². The Morgan fingerprint density at radius 2 is 2.17 bits per heavy atom. The lowest BCUT2D eigenvalue weighted by molar-refractivity contribution is 0.361. The van der Waals surface area contributed by atoms with Crippen LogP contribution in [0.25, 0.3) is 11.0 Å². The molecule has 0 amide bonds. The summed E-state index contributed by atoms with van der Waals surface area (Å²) in [5, 5.41) is 12.7. The van der Waals surface area contributed by atoms with Crippen LogP contribution < -0.4 is 5.32 Å². The zero-order valence-corrected chi connectivity index (χ0v) is 11.0. The normalized spacial score (nSPS) is 14.6. The molecule has 0 bridgehead atoms. The van der Waals surface area contributed by atoms with Crippen molar-refractivity contribution in [2.24, 2.45) is 0 Å². The van der Waals surface area contributed by atoms with Gasteiger partial charge in [0.25, 0.3) is 0 Å². The second kappa shape index (κ2) is 4.79. The minimum atomic E-state index is -0.586. The maximum atomic E-state index is 9.36. The molecule has 4 heteroatoms. The summed E-state index contributed by atoms with van der Waals surface area (Å²) in [4.78, 5) is 4.34. The van der Waals surface area contributed by atoms with E-state index in [0.29, 0.717) is 6.54 Å². The number of hydrogen-bond donors (Lipinski definition) is 1. The highest BCUT2D eigenvalue weighted by Gasteiger charge is 2.25. The number of nitriles is 1. The largest absolute Gasteiger partial charge is 0.328 e. The highest BCUT2D eigenvalue weighted by Crippen LogP contribution is 2.16. The Balaban J connectivity index is 2.30. The number of imidazole rings is 1. The van der Waals surface area contributed by atoms with Crippen molar-refractivity contribution < 1.29 is 0 Å². The highest BCUT2D eigenvalue weighted by molar-refractivity contribution is 5.74. The third-order valence-corrected chi connectivity index (χ3v) is 2.87. The predicted molar refractivity (Wildman–Crippen MR) is 72.0 cm³/mol. The SMILES string of the molecule is CC(C)NC(C)(C#N)Cn1cnc2ccccc21. The summed E-state index contributed by atoms with van der Waals surface area (Å²) < 4.78 is 2.02. The molecule has 1 aromatic carbocycles. The van der Waals surface area contributed by atoms with Gasteiger partial charge in [0.2, 0.25) is 0 Å². The Morgan fingerprint density at radius 3 is 2.83 bits per heavy atom. The number of para-hydroxylation sites is 2. The van der Waals surface area contributed by atoms with Gasteiger partial charge in [-0.1, -0.05) is 12.1 Å². The van der Waals surface area contributed by atoms with E-state index in [9.17, 15) is 5.26 Å². The van der Waals surface area contributed by atoms with E-state index in [0.717, 1.165) is 11.0 Å². The molecule has 0 aliphatic rings. The molecule has 0 saturated carbocycles. The first-order chi connectivity index (χ1) is 8.54. The first-order valence-corrected chi connectivity index (χ1v) is 6.13. The number of hydrogen-bond acceptors (Lipinski definition) is 3. The lowest BCUT2D eigenvalue weighted by atomic mass is 10.0. The Kier molecular flexibility index (Phi) is 3.35. The maximum absolute atomic E-state index is 9.36. The quantitative estimate of drug-likeness (QED) is 0.895. The zero-order chi connectivity index (χ0) is 13.2. The van der Waals surface area contributed by atoms with Crippen LogP contribution in [0, 0.1) is 11.3 Å². The fourth-order valence-electron chi connectivity index (χ4n) is 2.23. The summed E-state index contributed by atoms with van der Waals surface area (Å²) in [6.07, 6.45) is 1.79. The third-order valence-electron chi connectivity index (χ3n) is 2.87. The van der Waals surface area contributed by atoms with Gasteiger partial charge < -0.3 is 4.57 Å². The standard InChI is InChI=1S/C14H18N4/c1-11(2)17-14(3,8-15)9-18-10-16-12-6-4-5-7-13(12)18/h4-7,10-11,17H,9H2,1-3H3. The molecule has 18 heavy (non-hydrogen) atoms. The summed E-state index contributed by atoms with van der Waals surface area (Å²) in [6, 6.07) is 10.6. The molecule has 1 unspecified atom stereocenters. The van der Waals surface area contributed by atoms with Gasteiger partial charge in [0.1, 0.15) is 5.54 Å². The number of nitrogens with one attached hydrogen (secondary N) is 1. The predicted octanol–water partition coefficient (Wildman–Crippen LogP) is 2.32. The van der Waals surface area contributed by atoms with E-state index in [4.69, 9.17) is 0 Å². The molecular formula is C14H18N4. The number of benzene rings is 1. The molecule has 2 rings (SSSR count). The number of aromatic nitrogens is 2. The second-order valence-electron chi connectivity index (χ2n) is 5.10. The van der Waals surface area contributed by atoms with Crippen LogP contribution in [0.4, 0.5) is 0 Å². The summed E-state index contributed by atoms with van der Waals surface area (Å²) >= 11 is 0. The first-order valence-electron chi connectivity index (χ1n) is 6.13. The van der Waals surface area contributed by atoms with Crippen LogP contribution in [0.15, 0.2) is 30.6 Å². The Labute approximate surface area is 107 Å². The van der Waals surface area contributed by atoms with Gasteiger partial charge in [0.05, 0.1) is 30.0 Å². The average Bonchev–Trinajstić information content (AvgIpc) is 2.72. The van der Waals surface area contributed by atoms with Crippen molar-refractivity contribution in [3.8, 4) is 6.07 Å². The van der Waals surface area contributed by atoms with E-state index >= 15 is 0 Å². The van der Waals surface area contributed by atoms with Crippen LogP contribution in [0.5, 0.6) is 0 Å². The minimum Gasteiger partial charge on any atom is -0.328 e. The molecule has 94 valence electrons. The summed E-state index contributed by atoms with van der Waals surface area (Å²) in [6.45, 7) is 6.59. The van der Waals surface area contributed by atoms with Crippen LogP contribution in [0.1, 0.15) is 20.8 Å². The lowest BCUT2D eigenvalue weighted by Crippen LogP contribution is -2.48. The van der Waals surface area contributed by atoms with Crippen molar-refractivity contribution in [3.63, 3.8) is 0 Å². The topological polar surface area (TPSA) is 53.6 Å². The molecule has 0 radical (unpaired) electrons. The molecule has 2 aromatic rings. The van der Waals surface area contributed by atoms with E-state index < -0.39 is 5.54 Å².